The van der Waals surface area contributed by atoms with Crippen molar-refractivity contribution in [1.29, 1.82) is 0 Å². The van der Waals surface area contributed by atoms with Crippen molar-refractivity contribution >= 4 is 32.6 Å². The van der Waals surface area contributed by atoms with Crippen LogP contribution in [-0.4, -0.2) is 15.9 Å². The fourth-order valence-electron chi connectivity index (χ4n) is 3.57. The number of aryl methyl sites for hydroxylation is 4. The largest absolute Gasteiger partial charge is 0.283 e. The third-order valence-corrected chi connectivity index (χ3v) is 6.58. The van der Waals surface area contributed by atoms with Crippen LogP contribution in [-0.2, 0) is 17.8 Å². The molecule has 4 aromatic rings. The van der Waals surface area contributed by atoms with Crippen molar-refractivity contribution in [1.82, 2.24) is 9.97 Å². The summed E-state index contributed by atoms with van der Waals surface area (Å²) < 4.78 is 1.10. The summed E-state index contributed by atoms with van der Waals surface area (Å²) in [5, 5.41) is 0.741. The third kappa shape index (κ3) is 4.12. The highest BCUT2D eigenvalue weighted by Gasteiger charge is 2.22. The molecule has 0 spiro atoms. The molecule has 4 nitrogen and oxygen atoms in total. The van der Waals surface area contributed by atoms with Gasteiger partial charge in [-0.3, -0.25) is 14.7 Å². The molecule has 0 aliphatic carbocycles. The summed E-state index contributed by atoms with van der Waals surface area (Å²) >= 11 is 1.57. The Kier molecular flexibility index (Phi) is 5.64. The van der Waals surface area contributed by atoms with Gasteiger partial charge in [-0.05, 0) is 73.7 Å². The lowest BCUT2D eigenvalue weighted by molar-refractivity contribution is -0.118. The lowest BCUT2D eigenvalue weighted by Crippen LogP contribution is -2.32. The van der Waals surface area contributed by atoms with Gasteiger partial charge in [0.2, 0.25) is 5.91 Å². The topological polar surface area (TPSA) is 46.1 Å². The van der Waals surface area contributed by atoms with Crippen molar-refractivity contribution in [2.45, 2.75) is 40.7 Å². The maximum Gasteiger partial charge on any atom is 0.233 e. The molecule has 0 saturated carbocycles. The first-order valence-electron chi connectivity index (χ1n) is 10.0. The minimum Gasteiger partial charge on any atom is -0.283 e. The van der Waals surface area contributed by atoms with Crippen LogP contribution < -0.4 is 4.90 Å². The number of thiazole rings is 1. The summed E-state index contributed by atoms with van der Waals surface area (Å²) in [6, 6.07) is 14.3. The van der Waals surface area contributed by atoms with E-state index < -0.39 is 0 Å². The Labute approximate surface area is 181 Å². The molecule has 5 heteroatoms. The van der Waals surface area contributed by atoms with Gasteiger partial charge in [-0.25, -0.2) is 4.98 Å². The number of rotatable bonds is 5. The Bertz CT molecular complexity index is 1210. The molecular formula is C25H25N3OS. The number of aromatic nitrogens is 2. The smallest absolute Gasteiger partial charge is 0.233 e. The van der Waals surface area contributed by atoms with Crippen molar-refractivity contribution < 1.29 is 4.79 Å². The van der Waals surface area contributed by atoms with E-state index in [9.17, 15) is 4.79 Å². The van der Waals surface area contributed by atoms with Crippen LogP contribution in [0.5, 0.6) is 0 Å². The van der Waals surface area contributed by atoms with Crippen LogP contribution in [0.2, 0.25) is 0 Å². The molecule has 0 radical (unpaired) electrons. The van der Waals surface area contributed by atoms with Crippen molar-refractivity contribution in [3.63, 3.8) is 0 Å². The molecule has 0 unspecified atom stereocenters. The van der Waals surface area contributed by atoms with Gasteiger partial charge in [-0.15, -0.1) is 0 Å². The van der Waals surface area contributed by atoms with Gasteiger partial charge >= 0.3 is 0 Å². The van der Waals surface area contributed by atoms with E-state index in [-0.39, 0.29) is 5.91 Å². The van der Waals surface area contributed by atoms with Crippen LogP contribution in [0.15, 0.2) is 54.9 Å². The summed E-state index contributed by atoms with van der Waals surface area (Å²) in [6.45, 7) is 8.79. The molecular weight excluding hydrogens is 390 g/mol. The molecule has 0 N–H and O–H groups in total. The van der Waals surface area contributed by atoms with E-state index in [2.05, 4.69) is 63.0 Å². The van der Waals surface area contributed by atoms with E-state index in [0.29, 0.717) is 13.0 Å². The summed E-state index contributed by atoms with van der Waals surface area (Å²) in [7, 11) is 0. The molecule has 0 saturated heterocycles. The second-order valence-electron chi connectivity index (χ2n) is 7.79. The van der Waals surface area contributed by atoms with Gasteiger partial charge in [0.05, 0.1) is 23.2 Å². The van der Waals surface area contributed by atoms with E-state index in [1.807, 2.05) is 17.0 Å². The molecule has 1 amide bonds. The Morgan fingerprint density at radius 3 is 2.47 bits per heavy atom. The van der Waals surface area contributed by atoms with Crippen LogP contribution in [0, 0.1) is 27.7 Å². The van der Waals surface area contributed by atoms with Crippen molar-refractivity contribution in [2.24, 2.45) is 0 Å². The normalized spacial score (nSPS) is 11.1. The zero-order valence-corrected chi connectivity index (χ0v) is 18.6. The first-order chi connectivity index (χ1) is 14.4. The molecule has 0 fully saturated rings. The molecule has 0 bridgehead atoms. The Balaban J connectivity index is 1.72. The average Bonchev–Trinajstić information content (AvgIpc) is 3.16. The number of nitrogens with zero attached hydrogens (tertiary/aromatic N) is 3. The highest BCUT2D eigenvalue weighted by molar-refractivity contribution is 7.22. The summed E-state index contributed by atoms with van der Waals surface area (Å²) in [5.41, 5.74) is 7.79. The van der Waals surface area contributed by atoms with Crippen LogP contribution >= 0.6 is 11.3 Å². The molecule has 152 valence electrons. The van der Waals surface area contributed by atoms with Gasteiger partial charge in [0.15, 0.2) is 5.13 Å². The molecule has 0 aliphatic rings. The lowest BCUT2D eigenvalue weighted by Gasteiger charge is -2.20. The number of pyridine rings is 1. The summed E-state index contributed by atoms with van der Waals surface area (Å²) in [5.74, 6) is 0.0483. The molecule has 4 rings (SSSR count). The van der Waals surface area contributed by atoms with Gasteiger partial charge in [0, 0.05) is 12.4 Å². The summed E-state index contributed by atoms with van der Waals surface area (Å²) in [4.78, 5) is 24.2. The molecule has 2 aromatic heterocycles. The number of carbonyl (C=O) groups excluding carboxylic acids is 1. The minimum atomic E-state index is 0.0483. The van der Waals surface area contributed by atoms with Gasteiger partial charge < -0.3 is 0 Å². The third-order valence-electron chi connectivity index (χ3n) is 5.54. The van der Waals surface area contributed by atoms with E-state index in [0.717, 1.165) is 32.0 Å². The van der Waals surface area contributed by atoms with Crippen LogP contribution in [0.1, 0.15) is 33.4 Å². The van der Waals surface area contributed by atoms with Crippen LogP contribution in [0.25, 0.3) is 10.2 Å². The lowest BCUT2D eigenvalue weighted by atomic mass is 10.0. The van der Waals surface area contributed by atoms with Crippen molar-refractivity contribution in [3.8, 4) is 0 Å². The SMILES string of the molecule is Cc1ccc(CC(=O)N(Cc2ccncc2)c2nc3c(C)c(C)ccc3s2)c(C)c1. The van der Waals surface area contributed by atoms with Gasteiger partial charge in [0.1, 0.15) is 0 Å². The Morgan fingerprint density at radius 2 is 1.73 bits per heavy atom. The Hall–Kier alpha value is -3.05. The molecule has 2 heterocycles. The predicted octanol–water partition coefficient (Wildman–Crippen LogP) is 5.70. The summed E-state index contributed by atoms with van der Waals surface area (Å²) in [6.07, 6.45) is 3.87. The maximum absolute atomic E-state index is 13.5. The first-order valence-corrected chi connectivity index (χ1v) is 10.9. The molecule has 2 aromatic carbocycles. The number of anilines is 1. The number of hydrogen-bond acceptors (Lipinski definition) is 4. The van der Waals surface area contributed by atoms with Gasteiger partial charge in [0.25, 0.3) is 0 Å². The number of fused-ring (bicyclic) bond motifs is 1. The van der Waals surface area contributed by atoms with Crippen LogP contribution in [0.4, 0.5) is 5.13 Å². The number of hydrogen-bond donors (Lipinski definition) is 0. The number of amides is 1. The zero-order chi connectivity index (χ0) is 21.3. The highest BCUT2D eigenvalue weighted by atomic mass is 32.1. The number of carbonyl (C=O) groups is 1. The fourth-order valence-corrected chi connectivity index (χ4v) is 4.61. The second-order valence-corrected chi connectivity index (χ2v) is 8.80. The monoisotopic (exact) mass is 415 g/mol. The van der Waals surface area contributed by atoms with Gasteiger partial charge in [-0.2, -0.15) is 0 Å². The quantitative estimate of drug-likeness (QED) is 0.420. The Morgan fingerprint density at radius 1 is 0.967 bits per heavy atom. The number of benzene rings is 2. The standard InChI is InChI=1S/C25H25N3OS/c1-16-5-7-21(18(3)13-16)14-23(29)28(15-20-9-11-26-12-10-20)25-27-24-19(4)17(2)6-8-22(24)30-25/h5-13H,14-15H2,1-4H3. The molecule has 0 aliphatic heterocycles. The average molecular weight is 416 g/mol. The van der Waals surface area contributed by atoms with E-state index >= 15 is 0 Å². The zero-order valence-electron chi connectivity index (χ0n) is 17.8. The second kappa shape index (κ2) is 8.36. The minimum absolute atomic E-state index is 0.0483. The molecule has 30 heavy (non-hydrogen) atoms. The molecule has 0 atom stereocenters. The first kappa shape index (κ1) is 20.2. The van der Waals surface area contributed by atoms with E-state index in [1.165, 1.54) is 16.7 Å². The van der Waals surface area contributed by atoms with Gasteiger partial charge in [-0.1, -0.05) is 41.2 Å². The predicted molar refractivity (Wildman–Crippen MR) is 124 cm³/mol. The highest BCUT2D eigenvalue weighted by Crippen LogP contribution is 2.33. The van der Waals surface area contributed by atoms with Crippen molar-refractivity contribution in [2.75, 3.05) is 4.90 Å². The fraction of sp³-hybridized carbons (Fsp3) is 0.240. The van der Waals surface area contributed by atoms with E-state index in [4.69, 9.17) is 4.98 Å². The maximum atomic E-state index is 13.5. The van der Waals surface area contributed by atoms with Crippen LogP contribution in [0.3, 0.4) is 0 Å². The van der Waals surface area contributed by atoms with E-state index in [1.54, 1.807) is 23.7 Å². The van der Waals surface area contributed by atoms with Crippen molar-refractivity contribution in [3.05, 3.63) is 88.2 Å².